The quantitative estimate of drug-likeness (QED) is 0.638. The Morgan fingerprint density at radius 2 is 2.27 bits per heavy atom. The largest absolute Gasteiger partial charge is 0.398 e. The van der Waals surface area contributed by atoms with Crippen molar-refractivity contribution in [3.63, 3.8) is 0 Å². The van der Waals surface area contributed by atoms with E-state index in [0.717, 1.165) is 12.0 Å². The maximum absolute atomic E-state index is 11.0. The standard InChI is InChI=1S/C8H12N2O/c1-3-6-5-10(2)8(11)4-7(6)9/h4-5H,3,9H2,1-2H3. The summed E-state index contributed by atoms with van der Waals surface area (Å²) >= 11 is 0. The van der Waals surface area contributed by atoms with Crippen molar-refractivity contribution in [1.29, 1.82) is 0 Å². The number of hydrogen-bond acceptors (Lipinski definition) is 2. The first-order valence-electron chi connectivity index (χ1n) is 3.60. The van der Waals surface area contributed by atoms with Crippen LogP contribution in [0.15, 0.2) is 17.1 Å². The van der Waals surface area contributed by atoms with E-state index in [9.17, 15) is 4.79 Å². The number of anilines is 1. The van der Waals surface area contributed by atoms with Gasteiger partial charge in [0.25, 0.3) is 5.56 Å². The Hall–Kier alpha value is -1.25. The molecule has 0 atom stereocenters. The lowest BCUT2D eigenvalue weighted by molar-refractivity contribution is 0.844. The van der Waals surface area contributed by atoms with Gasteiger partial charge in [-0.05, 0) is 12.0 Å². The molecule has 0 fully saturated rings. The molecular weight excluding hydrogens is 140 g/mol. The summed E-state index contributed by atoms with van der Waals surface area (Å²) in [5.41, 5.74) is 7.15. The number of rotatable bonds is 1. The number of aryl methyl sites for hydroxylation is 2. The second kappa shape index (κ2) is 2.78. The smallest absolute Gasteiger partial charge is 0.252 e. The van der Waals surface area contributed by atoms with Gasteiger partial charge in [0.15, 0.2) is 0 Å². The monoisotopic (exact) mass is 152 g/mol. The summed E-state index contributed by atoms with van der Waals surface area (Å²) in [5, 5.41) is 0. The third-order valence-corrected chi connectivity index (χ3v) is 1.73. The molecule has 0 saturated carbocycles. The summed E-state index contributed by atoms with van der Waals surface area (Å²) in [6.45, 7) is 2.01. The van der Waals surface area contributed by atoms with E-state index in [1.807, 2.05) is 6.92 Å². The van der Waals surface area contributed by atoms with Gasteiger partial charge in [-0.1, -0.05) is 6.92 Å². The molecule has 1 rings (SSSR count). The molecule has 0 radical (unpaired) electrons. The van der Waals surface area contributed by atoms with E-state index >= 15 is 0 Å². The summed E-state index contributed by atoms with van der Waals surface area (Å²) in [5.74, 6) is 0. The van der Waals surface area contributed by atoms with E-state index in [2.05, 4.69) is 0 Å². The Bertz CT molecular complexity index is 314. The molecule has 1 heterocycles. The minimum absolute atomic E-state index is 0.0558. The first-order chi connectivity index (χ1) is 5.15. The Balaban J connectivity index is 3.32. The van der Waals surface area contributed by atoms with Crippen LogP contribution in [0.2, 0.25) is 0 Å². The van der Waals surface area contributed by atoms with Crippen LogP contribution in [0.25, 0.3) is 0 Å². The zero-order valence-corrected chi connectivity index (χ0v) is 6.79. The van der Waals surface area contributed by atoms with Crippen molar-refractivity contribution < 1.29 is 0 Å². The molecule has 0 amide bonds. The Kier molecular flexibility index (Phi) is 1.98. The average Bonchev–Trinajstić information content (AvgIpc) is 1.97. The lowest BCUT2D eigenvalue weighted by Crippen LogP contribution is -2.17. The average molecular weight is 152 g/mol. The van der Waals surface area contributed by atoms with Gasteiger partial charge in [0.1, 0.15) is 0 Å². The maximum Gasteiger partial charge on any atom is 0.252 e. The Morgan fingerprint density at radius 3 is 2.82 bits per heavy atom. The first-order valence-corrected chi connectivity index (χ1v) is 3.60. The molecular formula is C8H12N2O. The fourth-order valence-corrected chi connectivity index (χ4v) is 0.995. The van der Waals surface area contributed by atoms with Crippen LogP contribution in [0.1, 0.15) is 12.5 Å². The van der Waals surface area contributed by atoms with Gasteiger partial charge in [0.2, 0.25) is 0 Å². The highest BCUT2D eigenvalue weighted by atomic mass is 16.1. The van der Waals surface area contributed by atoms with Crippen LogP contribution >= 0.6 is 0 Å². The van der Waals surface area contributed by atoms with Gasteiger partial charge in [0.05, 0.1) is 0 Å². The zero-order chi connectivity index (χ0) is 8.43. The van der Waals surface area contributed by atoms with E-state index in [1.165, 1.54) is 10.6 Å². The van der Waals surface area contributed by atoms with E-state index in [1.54, 1.807) is 13.2 Å². The normalized spacial score (nSPS) is 10.0. The molecule has 0 unspecified atom stereocenters. The van der Waals surface area contributed by atoms with Crippen molar-refractivity contribution in [2.24, 2.45) is 7.05 Å². The SMILES string of the molecule is CCc1cn(C)c(=O)cc1N. The summed E-state index contributed by atoms with van der Waals surface area (Å²) in [7, 11) is 1.72. The molecule has 1 aromatic heterocycles. The van der Waals surface area contributed by atoms with Gasteiger partial charge in [-0.2, -0.15) is 0 Å². The van der Waals surface area contributed by atoms with E-state index in [-0.39, 0.29) is 5.56 Å². The fourth-order valence-electron chi connectivity index (χ4n) is 0.995. The second-order valence-electron chi connectivity index (χ2n) is 2.56. The van der Waals surface area contributed by atoms with Crippen LogP contribution in [0.5, 0.6) is 0 Å². The zero-order valence-electron chi connectivity index (χ0n) is 6.79. The molecule has 0 aliphatic rings. The number of nitrogen functional groups attached to an aromatic ring is 1. The number of nitrogens with two attached hydrogens (primary N) is 1. The number of nitrogens with zero attached hydrogens (tertiary/aromatic N) is 1. The molecule has 0 aliphatic carbocycles. The van der Waals surface area contributed by atoms with Crippen molar-refractivity contribution in [1.82, 2.24) is 4.57 Å². The Morgan fingerprint density at radius 1 is 1.64 bits per heavy atom. The molecule has 0 bridgehead atoms. The van der Waals surface area contributed by atoms with Crippen LogP contribution < -0.4 is 11.3 Å². The predicted molar refractivity (Wildman–Crippen MR) is 45.5 cm³/mol. The highest BCUT2D eigenvalue weighted by Gasteiger charge is 1.98. The lowest BCUT2D eigenvalue weighted by atomic mass is 10.2. The minimum atomic E-state index is -0.0558. The van der Waals surface area contributed by atoms with Crippen molar-refractivity contribution in [2.75, 3.05) is 5.73 Å². The number of aromatic nitrogens is 1. The molecule has 60 valence electrons. The van der Waals surface area contributed by atoms with Crippen LogP contribution in [0.3, 0.4) is 0 Å². The number of hydrogen-bond donors (Lipinski definition) is 1. The summed E-state index contributed by atoms with van der Waals surface area (Å²) in [4.78, 5) is 11.0. The van der Waals surface area contributed by atoms with Crippen molar-refractivity contribution in [3.05, 3.63) is 28.2 Å². The molecule has 0 saturated heterocycles. The van der Waals surface area contributed by atoms with Gasteiger partial charge in [-0.25, -0.2) is 0 Å². The van der Waals surface area contributed by atoms with E-state index < -0.39 is 0 Å². The number of pyridine rings is 1. The molecule has 3 heteroatoms. The second-order valence-corrected chi connectivity index (χ2v) is 2.56. The van der Waals surface area contributed by atoms with Crippen molar-refractivity contribution in [2.45, 2.75) is 13.3 Å². The van der Waals surface area contributed by atoms with Gasteiger partial charge < -0.3 is 10.3 Å². The Labute approximate surface area is 65.5 Å². The topological polar surface area (TPSA) is 48.0 Å². The minimum Gasteiger partial charge on any atom is -0.398 e. The van der Waals surface area contributed by atoms with Crippen molar-refractivity contribution >= 4 is 5.69 Å². The van der Waals surface area contributed by atoms with Crippen LogP contribution in [0, 0.1) is 0 Å². The molecule has 2 N–H and O–H groups in total. The van der Waals surface area contributed by atoms with Gasteiger partial charge in [0, 0.05) is 25.0 Å². The molecule has 0 aliphatic heterocycles. The van der Waals surface area contributed by atoms with Crippen LogP contribution in [-0.4, -0.2) is 4.57 Å². The summed E-state index contributed by atoms with van der Waals surface area (Å²) < 4.78 is 1.54. The van der Waals surface area contributed by atoms with Crippen molar-refractivity contribution in [3.8, 4) is 0 Å². The molecule has 1 aromatic rings. The molecule has 0 aromatic carbocycles. The molecule has 0 spiro atoms. The van der Waals surface area contributed by atoms with Crippen LogP contribution in [-0.2, 0) is 13.5 Å². The summed E-state index contributed by atoms with van der Waals surface area (Å²) in [6, 6.07) is 1.46. The maximum atomic E-state index is 11.0. The van der Waals surface area contributed by atoms with E-state index in [4.69, 9.17) is 5.73 Å². The third-order valence-electron chi connectivity index (χ3n) is 1.73. The molecule has 3 nitrogen and oxygen atoms in total. The summed E-state index contributed by atoms with van der Waals surface area (Å²) in [6.07, 6.45) is 2.64. The van der Waals surface area contributed by atoms with Crippen LogP contribution in [0.4, 0.5) is 5.69 Å². The van der Waals surface area contributed by atoms with E-state index in [0.29, 0.717) is 5.69 Å². The third kappa shape index (κ3) is 1.42. The lowest BCUT2D eigenvalue weighted by Gasteiger charge is -2.03. The van der Waals surface area contributed by atoms with Gasteiger partial charge >= 0.3 is 0 Å². The van der Waals surface area contributed by atoms with Gasteiger partial charge in [-0.3, -0.25) is 4.79 Å². The van der Waals surface area contributed by atoms with Gasteiger partial charge in [-0.15, -0.1) is 0 Å². The highest BCUT2D eigenvalue weighted by molar-refractivity contribution is 5.44. The predicted octanol–water partition coefficient (Wildman–Crippen LogP) is 0.530. The highest BCUT2D eigenvalue weighted by Crippen LogP contribution is 2.06. The first kappa shape index (κ1) is 7.85. The fraction of sp³-hybridized carbons (Fsp3) is 0.375. The molecule has 11 heavy (non-hydrogen) atoms.